The first kappa shape index (κ1) is 22.4. The minimum atomic E-state index is -3.14. The average molecular weight is 491 g/mol. The molecule has 144 valence electrons. The van der Waals surface area contributed by atoms with Crippen LogP contribution in [0.2, 0.25) is 0 Å². The molecular weight excluding hydrogens is 465 g/mol. The molecule has 0 atom stereocenters. The highest BCUT2D eigenvalue weighted by Gasteiger charge is 2.06. The quantitative estimate of drug-likeness (QED) is 0.350. The minimum Gasteiger partial charge on any atom is -0.357 e. The van der Waals surface area contributed by atoms with Crippen molar-refractivity contribution in [3.63, 3.8) is 0 Å². The third-order valence-electron chi connectivity index (χ3n) is 3.58. The van der Waals surface area contributed by atoms with E-state index in [0.29, 0.717) is 18.0 Å². The maximum atomic E-state index is 11.5. The van der Waals surface area contributed by atoms with Crippen LogP contribution in [-0.2, 0) is 29.9 Å². The number of nitrogens with one attached hydrogen (secondary N) is 2. The Morgan fingerprint density at radius 3 is 2.42 bits per heavy atom. The number of aryl methyl sites for hydroxylation is 1. The number of hydrogen-bond donors (Lipinski definition) is 2. The third kappa shape index (κ3) is 7.32. The standard InChI is InChI=1S/C17H25N5O2S.HI/c1-4-18-17(20-11-15-12-21-22(2)13-15)19-10-9-14-5-7-16(8-6-14)25(3,23)24;/h5-8,12-13H,4,9-11H2,1-3H3,(H2,18,19,20);1H. The first-order valence-electron chi connectivity index (χ1n) is 8.17. The van der Waals surface area contributed by atoms with Crippen LogP contribution in [0.5, 0.6) is 0 Å². The summed E-state index contributed by atoms with van der Waals surface area (Å²) >= 11 is 0. The number of halogens is 1. The summed E-state index contributed by atoms with van der Waals surface area (Å²) in [7, 11) is -1.26. The van der Waals surface area contributed by atoms with E-state index < -0.39 is 9.84 Å². The second kappa shape index (κ2) is 10.5. The van der Waals surface area contributed by atoms with Gasteiger partial charge in [0.1, 0.15) is 0 Å². The van der Waals surface area contributed by atoms with Crippen LogP contribution < -0.4 is 10.6 Å². The number of aliphatic imine (C=N–C) groups is 1. The Kier molecular flexibility index (Phi) is 9.06. The second-order valence-corrected chi connectivity index (χ2v) is 7.83. The Hall–Kier alpha value is -1.62. The molecular formula is C17H26IN5O2S. The Labute approximate surface area is 172 Å². The van der Waals surface area contributed by atoms with Gasteiger partial charge in [-0.3, -0.25) is 4.68 Å². The lowest BCUT2D eigenvalue weighted by Gasteiger charge is -2.11. The highest BCUT2D eigenvalue weighted by molar-refractivity contribution is 14.0. The lowest BCUT2D eigenvalue weighted by atomic mass is 10.1. The third-order valence-corrected chi connectivity index (χ3v) is 4.71. The molecule has 0 saturated heterocycles. The first-order chi connectivity index (χ1) is 11.9. The fraction of sp³-hybridized carbons (Fsp3) is 0.412. The van der Waals surface area contributed by atoms with Crippen molar-refractivity contribution < 1.29 is 8.42 Å². The number of rotatable bonds is 7. The van der Waals surface area contributed by atoms with Gasteiger partial charge in [-0.2, -0.15) is 5.10 Å². The molecule has 1 aromatic heterocycles. The molecule has 9 heteroatoms. The Morgan fingerprint density at radius 2 is 1.88 bits per heavy atom. The van der Waals surface area contributed by atoms with Gasteiger partial charge in [-0.1, -0.05) is 12.1 Å². The molecule has 0 aliphatic carbocycles. The summed E-state index contributed by atoms with van der Waals surface area (Å²) in [5, 5.41) is 10.6. The van der Waals surface area contributed by atoms with E-state index in [1.165, 1.54) is 6.26 Å². The topological polar surface area (TPSA) is 88.4 Å². The van der Waals surface area contributed by atoms with Crippen LogP contribution in [0, 0.1) is 0 Å². The van der Waals surface area contributed by atoms with Crippen LogP contribution >= 0.6 is 24.0 Å². The fourth-order valence-corrected chi connectivity index (χ4v) is 2.92. The number of hydrogen-bond acceptors (Lipinski definition) is 4. The van der Waals surface area contributed by atoms with Crippen molar-refractivity contribution in [2.75, 3.05) is 19.3 Å². The van der Waals surface area contributed by atoms with Crippen molar-refractivity contribution in [1.82, 2.24) is 20.4 Å². The highest BCUT2D eigenvalue weighted by Crippen LogP contribution is 2.10. The van der Waals surface area contributed by atoms with Gasteiger partial charge in [-0.05, 0) is 31.0 Å². The van der Waals surface area contributed by atoms with Gasteiger partial charge in [0.15, 0.2) is 15.8 Å². The van der Waals surface area contributed by atoms with E-state index in [1.807, 2.05) is 32.3 Å². The van der Waals surface area contributed by atoms with Crippen LogP contribution in [0.4, 0.5) is 0 Å². The fourth-order valence-electron chi connectivity index (χ4n) is 2.29. The molecule has 0 radical (unpaired) electrons. The van der Waals surface area contributed by atoms with Crippen LogP contribution in [0.25, 0.3) is 0 Å². The summed E-state index contributed by atoms with van der Waals surface area (Å²) in [6, 6.07) is 6.98. The van der Waals surface area contributed by atoms with Crippen molar-refractivity contribution in [2.24, 2.45) is 12.0 Å². The summed E-state index contributed by atoms with van der Waals surface area (Å²) in [5.41, 5.74) is 2.12. The number of guanidine groups is 1. The zero-order valence-electron chi connectivity index (χ0n) is 15.3. The van der Waals surface area contributed by atoms with Gasteiger partial charge >= 0.3 is 0 Å². The van der Waals surface area contributed by atoms with Crippen LogP contribution in [0.1, 0.15) is 18.1 Å². The summed E-state index contributed by atoms with van der Waals surface area (Å²) in [6.07, 6.45) is 5.74. The summed E-state index contributed by atoms with van der Waals surface area (Å²) in [4.78, 5) is 4.88. The molecule has 0 aliphatic rings. The average Bonchev–Trinajstić information content (AvgIpc) is 2.98. The first-order valence-corrected chi connectivity index (χ1v) is 10.1. The predicted octanol–water partition coefficient (Wildman–Crippen LogP) is 1.74. The van der Waals surface area contributed by atoms with Gasteiger partial charge in [-0.25, -0.2) is 13.4 Å². The molecule has 2 N–H and O–H groups in total. The molecule has 26 heavy (non-hydrogen) atoms. The van der Waals surface area contributed by atoms with Crippen molar-refractivity contribution >= 4 is 39.8 Å². The van der Waals surface area contributed by atoms with E-state index in [9.17, 15) is 8.42 Å². The molecule has 0 aliphatic heterocycles. The van der Waals surface area contributed by atoms with Crippen molar-refractivity contribution in [3.05, 3.63) is 47.8 Å². The van der Waals surface area contributed by atoms with E-state index in [0.717, 1.165) is 30.1 Å². The molecule has 0 bridgehead atoms. The molecule has 2 rings (SSSR count). The van der Waals surface area contributed by atoms with Gasteiger partial charge in [0.05, 0.1) is 17.6 Å². The predicted molar refractivity (Wildman–Crippen MR) is 115 cm³/mol. The van der Waals surface area contributed by atoms with Crippen molar-refractivity contribution in [2.45, 2.75) is 24.8 Å². The highest BCUT2D eigenvalue weighted by atomic mass is 127. The molecule has 1 aromatic carbocycles. The van der Waals surface area contributed by atoms with E-state index in [4.69, 9.17) is 0 Å². The second-order valence-electron chi connectivity index (χ2n) is 5.81. The monoisotopic (exact) mass is 491 g/mol. The van der Waals surface area contributed by atoms with Crippen molar-refractivity contribution in [3.8, 4) is 0 Å². The normalized spacial score (nSPS) is 11.7. The van der Waals surface area contributed by atoms with Gasteiger partial charge in [0.25, 0.3) is 0 Å². The van der Waals surface area contributed by atoms with E-state index in [-0.39, 0.29) is 24.0 Å². The SMILES string of the molecule is CCNC(=NCc1cnn(C)c1)NCCc1ccc(S(C)(=O)=O)cc1.I. The minimum absolute atomic E-state index is 0. The Bertz CT molecular complexity index is 816. The number of benzene rings is 1. The summed E-state index contributed by atoms with van der Waals surface area (Å²) in [5.74, 6) is 0.749. The Balaban J connectivity index is 0.00000338. The number of sulfone groups is 1. The summed E-state index contributed by atoms with van der Waals surface area (Å²) < 4.78 is 24.7. The lowest BCUT2D eigenvalue weighted by Crippen LogP contribution is -2.38. The van der Waals surface area contributed by atoms with Crippen LogP contribution in [0.3, 0.4) is 0 Å². The van der Waals surface area contributed by atoms with E-state index in [1.54, 1.807) is 23.0 Å². The molecule has 0 amide bonds. The molecule has 0 saturated carbocycles. The molecule has 0 spiro atoms. The number of nitrogens with zero attached hydrogens (tertiary/aromatic N) is 3. The largest absolute Gasteiger partial charge is 0.357 e. The molecule has 1 heterocycles. The Morgan fingerprint density at radius 1 is 1.19 bits per heavy atom. The maximum absolute atomic E-state index is 11.5. The zero-order valence-corrected chi connectivity index (χ0v) is 18.4. The molecule has 0 fully saturated rings. The molecule has 0 unspecified atom stereocenters. The van der Waals surface area contributed by atoms with Gasteiger partial charge in [-0.15, -0.1) is 24.0 Å². The van der Waals surface area contributed by atoms with Crippen LogP contribution in [0.15, 0.2) is 46.5 Å². The van der Waals surface area contributed by atoms with E-state index >= 15 is 0 Å². The maximum Gasteiger partial charge on any atom is 0.191 e. The smallest absolute Gasteiger partial charge is 0.191 e. The van der Waals surface area contributed by atoms with E-state index in [2.05, 4.69) is 20.7 Å². The van der Waals surface area contributed by atoms with Crippen molar-refractivity contribution in [1.29, 1.82) is 0 Å². The zero-order chi connectivity index (χ0) is 18.3. The van der Waals surface area contributed by atoms with Gasteiger partial charge in [0.2, 0.25) is 0 Å². The lowest BCUT2D eigenvalue weighted by molar-refractivity contribution is 0.602. The van der Waals surface area contributed by atoms with Gasteiger partial charge in [0, 0.05) is 38.2 Å². The molecule has 2 aromatic rings. The van der Waals surface area contributed by atoms with Gasteiger partial charge < -0.3 is 10.6 Å². The number of aromatic nitrogens is 2. The molecule has 7 nitrogen and oxygen atoms in total. The van der Waals surface area contributed by atoms with Crippen LogP contribution in [-0.4, -0.2) is 43.5 Å². The summed E-state index contributed by atoms with van der Waals surface area (Å²) in [6.45, 7) is 4.07.